The molecule has 0 bridgehead atoms. The highest BCUT2D eigenvalue weighted by molar-refractivity contribution is 5.96. The normalized spacial score (nSPS) is 16.8. The SMILES string of the molecule is Cc1nn(Cc2ccccc2)c(C)c1C(=O)N1CCN(Cc2ccccc2)C(C#N)C1. The Morgan fingerprint density at radius 3 is 2.23 bits per heavy atom. The van der Waals surface area contributed by atoms with Crippen molar-refractivity contribution in [3.8, 4) is 6.07 Å². The van der Waals surface area contributed by atoms with E-state index in [-0.39, 0.29) is 11.9 Å². The molecule has 31 heavy (non-hydrogen) atoms. The summed E-state index contributed by atoms with van der Waals surface area (Å²) in [4.78, 5) is 17.3. The monoisotopic (exact) mass is 413 g/mol. The summed E-state index contributed by atoms with van der Waals surface area (Å²) < 4.78 is 1.89. The Bertz CT molecular complexity index is 1080. The van der Waals surface area contributed by atoms with E-state index in [0.717, 1.165) is 17.0 Å². The molecule has 1 atom stereocenters. The van der Waals surface area contributed by atoms with Gasteiger partial charge >= 0.3 is 0 Å². The van der Waals surface area contributed by atoms with Crippen molar-refractivity contribution < 1.29 is 4.79 Å². The number of hydrogen-bond donors (Lipinski definition) is 0. The Morgan fingerprint density at radius 2 is 1.61 bits per heavy atom. The zero-order valence-corrected chi connectivity index (χ0v) is 18.0. The molecule has 1 fully saturated rings. The molecule has 3 aromatic rings. The van der Waals surface area contributed by atoms with Crippen LogP contribution < -0.4 is 0 Å². The van der Waals surface area contributed by atoms with Crippen LogP contribution in [0, 0.1) is 25.2 Å². The molecule has 4 rings (SSSR count). The highest BCUT2D eigenvalue weighted by Gasteiger charge is 2.32. The molecule has 1 amide bonds. The van der Waals surface area contributed by atoms with E-state index in [1.807, 2.05) is 54.9 Å². The van der Waals surface area contributed by atoms with E-state index in [9.17, 15) is 10.1 Å². The van der Waals surface area contributed by atoms with Crippen LogP contribution in [0.4, 0.5) is 0 Å². The topological polar surface area (TPSA) is 65.2 Å². The van der Waals surface area contributed by atoms with Crippen LogP contribution >= 0.6 is 0 Å². The number of aryl methyl sites for hydroxylation is 1. The molecule has 0 spiro atoms. The quantitative estimate of drug-likeness (QED) is 0.643. The minimum Gasteiger partial charge on any atom is -0.335 e. The molecule has 0 saturated carbocycles. The number of nitrogens with zero attached hydrogens (tertiary/aromatic N) is 5. The minimum absolute atomic E-state index is 0.0334. The lowest BCUT2D eigenvalue weighted by atomic mass is 10.1. The molecule has 1 aromatic heterocycles. The van der Waals surface area contributed by atoms with Crippen molar-refractivity contribution in [3.05, 3.63) is 88.7 Å². The van der Waals surface area contributed by atoms with Crippen LogP contribution in [0.2, 0.25) is 0 Å². The van der Waals surface area contributed by atoms with Crippen LogP contribution in [0.5, 0.6) is 0 Å². The van der Waals surface area contributed by atoms with Gasteiger partial charge in [-0.15, -0.1) is 0 Å². The molecule has 6 heteroatoms. The van der Waals surface area contributed by atoms with Gasteiger partial charge in [-0.1, -0.05) is 60.7 Å². The van der Waals surface area contributed by atoms with Crippen LogP contribution in [0.25, 0.3) is 0 Å². The van der Waals surface area contributed by atoms with E-state index in [1.54, 1.807) is 4.90 Å². The molecular weight excluding hydrogens is 386 g/mol. The Hall–Kier alpha value is -3.43. The number of benzene rings is 2. The summed E-state index contributed by atoms with van der Waals surface area (Å²) in [6, 6.07) is 22.3. The number of aromatic nitrogens is 2. The predicted octanol–water partition coefficient (Wildman–Crippen LogP) is 3.40. The average molecular weight is 414 g/mol. The second kappa shape index (κ2) is 9.15. The van der Waals surface area contributed by atoms with Gasteiger partial charge in [0.25, 0.3) is 5.91 Å². The van der Waals surface area contributed by atoms with E-state index in [2.05, 4.69) is 40.3 Å². The van der Waals surface area contributed by atoms with Crippen molar-refractivity contribution >= 4 is 5.91 Å². The van der Waals surface area contributed by atoms with E-state index in [4.69, 9.17) is 0 Å². The van der Waals surface area contributed by atoms with Gasteiger partial charge in [-0.3, -0.25) is 14.4 Å². The summed E-state index contributed by atoms with van der Waals surface area (Å²) in [5, 5.41) is 14.4. The summed E-state index contributed by atoms with van der Waals surface area (Å²) in [6.07, 6.45) is 0. The maximum absolute atomic E-state index is 13.4. The molecule has 158 valence electrons. The van der Waals surface area contributed by atoms with Gasteiger partial charge < -0.3 is 4.90 Å². The van der Waals surface area contributed by atoms with E-state index >= 15 is 0 Å². The van der Waals surface area contributed by atoms with Gasteiger partial charge in [0.15, 0.2) is 0 Å². The van der Waals surface area contributed by atoms with Crippen molar-refractivity contribution in [2.75, 3.05) is 19.6 Å². The van der Waals surface area contributed by atoms with Crippen LogP contribution in [0.15, 0.2) is 60.7 Å². The van der Waals surface area contributed by atoms with Crippen LogP contribution in [-0.4, -0.2) is 51.2 Å². The second-order valence-corrected chi connectivity index (χ2v) is 8.04. The van der Waals surface area contributed by atoms with E-state index in [1.165, 1.54) is 5.56 Å². The fourth-order valence-corrected chi connectivity index (χ4v) is 4.21. The van der Waals surface area contributed by atoms with Crippen molar-refractivity contribution in [3.63, 3.8) is 0 Å². The molecule has 1 aliphatic rings. The molecule has 1 unspecified atom stereocenters. The molecule has 0 aliphatic carbocycles. The van der Waals surface area contributed by atoms with Crippen molar-refractivity contribution in [2.45, 2.75) is 33.0 Å². The van der Waals surface area contributed by atoms with Crippen LogP contribution in [0.1, 0.15) is 32.9 Å². The van der Waals surface area contributed by atoms with Gasteiger partial charge in [0.1, 0.15) is 6.04 Å². The first-order valence-corrected chi connectivity index (χ1v) is 10.6. The van der Waals surface area contributed by atoms with Gasteiger partial charge in [-0.25, -0.2) is 0 Å². The summed E-state index contributed by atoms with van der Waals surface area (Å²) in [6.45, 7) is 6.87. The van der Waals surface area contributed by atoms with Gasteiger partial charge in [-0.05, 0) is 25.0 Å². The zero-order chi connectivity index (χ0) is 21.8. The first-order valence-electron chi connectivity index (χ1n) is 10.6. The number of hydrogen-bond acceptors (Lipinski definition) is 4. The number of nitriles is 1. The van der Waals surface area contributed by atoms with Crippen molar-refractivity contribution in [1.82, 2.24) is 19.6 Å². The Balaban J connectivity index is 1.48. The smallest absolute Gasteiger partial charge is 0.257 e. The number of piperazine rings is 1. The fraction of sp³-hybridized carbons (Fsp3) is 0.320. The predicted molar refractivity (Wildman–Crippen MR) is 119 cm³/mol. The van der Waals surface area contributed by atoms with Crippen LogP contribution in [-0.2, 0) is 13.1 Å². The van der Waals surface area contributed by atoms with Gasteiger partial charge in [0, 0.05) is 31.9 Å². The highest BCUT2D eigenvalue weighted by atomic mass is 16.2. The molecule has 1 saturated heterocycles. The maximum atomic E-state index is 13.4. The number of carbonyl (C=O) groups excluding carboxylic acids is 1. The molecular formula is C25H27N5O. The average Bonchev–Trinajstić information content (AvgIpc) is 3.07. The third-order valence-electron chi connectivity index (χ3n) is 5.93. The molecule has 1 aliphatic heterocycles. The molecule has 2 heterocycles. The van der Waals surface area contributed by atoms with Gasteiger partial charge in [0.05, 0.1) is 23.9 Å². The maximum Gasteiger partial charge on any atom is 0.257 e. The van der Waals surface area contributed by atoms with Crippen molar-refractivity contribution in [2.24, 2.45) is 0 Å². The van der Waals surface area contributed by atoms with E-state index in [0.29, 0.717) is 38.3 Å². The number of amides is 1. The summed E-state index contributed by atoms with van der Waals surface area (Å²) in [5.41, 5.74) is 4.58. The lowest BCUT2D eigenvalue weighted by Gasteiger charge is -2.38. The number of carbonyl (C=O) groups is 1. The van der Waals surface area contributed by atoms with E-state index < -0.39 is 0 Å². The third kappa shape index (κ3) is 4.52. The van der Waals surface area contributed by atoms with Gasteiger partial charge in [0.2, 0.25) is 0 Å². The second-order valence-electron chi connectivity index (χ2n) is 8.04. The zero-order valence-electron chi connectivity index (χ0n) is 18.0. The molecule has 0 N–H and O–H groups in total. The first kappa shape index (κ1) is 20.8. The minimum atomic E-state index is -0.321. The van der Waals surface area contributed by atoms with Gasteiger partial charge in [-0.2, -0.15) is 10.4 Å². The van der Waals surface area contributed by atoms with Crippen molar-refractivity contribution in [1.29, 1.82) is 5.26 Å². The largest absolute Gasteiger partial charge is 0.335 e. The highest BCUT2D eigenvalue weighted by Crippen LogP contribution is 2.20. The first-order chi connectivity index (χ1) is 15.1. The summed E-state index contributed by atoms with van der Waals surface area (Å²) in [7, 11) is 0. The fourth-order valence-electron chi connectivity index (χ4n) is 4.21. The lowest BCUT2D eigenvalue weighted by molar-refractivity contribution is 0.0550. The lowest BCUT2D eigenvalue weighted by Crippen LogP contribution is -2.53. The Labute approximate surface area is 183 Å². The van der Waals surface area contributed by atoms with Crippen LogP contribution in [0.3, 0.4) is 0 Å². The standard InChI is InChI=1S/C25H27N5O/c1-19-24(20(2)30(27-19)17-22-11-7-4-8-12-22)25(31)29-14-13-28(23(15-26)18-29)16-21-9-5-3-6-10-21/h3-12,23H,13-14,16-18H2,1-2H3. The number of rotatable bonds is 5. The summed E-state index contributed by atoms with van der Waals surface area (Å²) in [5.74, 6) is -0.0334. The third-order valence-corrected chi connectivity index (χ3v) is 5.93. The summed E-state index contributed by atoms with van der Waals surface area (Å²) >= 11 is 0. The molecule has 6 nitrogen and oxygen atoms in total. The molecule has 0 radical (unpaired) electrons. The Kier molecular flexibility index (Phi) is 6.15. The molecule has 2 aromatic carbocycles. The Morgan fingerprint density at radius 1 is 1.00 bits per heavy atom.